The van der Waals surface area contributed by atoms with Crippen LogP contribution in [0.15, 0.2) is 95.7 Å². The number of carbonyl (C=O) groups is 1. The first-order valence-electron chi connectivity index (χ1n) is 12.1. The predicted molar refractivity (Wildman–Crippen MR) is 142 cm³/mol. The van der Waals surface area contributed by atoms with E-state index in [4.69, 9.17) is 0 Å². The maximum atomic E-state index is 15.3. The zero-order valence-corrected chi connectivity index (χ0v) is 20.7. The molecule has 1 atom stereocenters. The Kier molecular flexibility index (Phi) is 5.87. The average molecular weight is 481 g/mol. The normalized spacial score (nSPS) is 20.9. The van der Waals surface area contributed by atoms with Crippen molar-refractivity contribution in [3.8, 4) is 0 Å². The van der Waals surface area contributed by atoms with Crippen molar-refractivity contribution in [2.45, 2.75) is 39.5 Å². The van der Waals surface area contributed by atoms with Crippen molar-refractivity contribution in [3.63, 3.8) is 0 Å². The van der Waals surface area contributed by atoms with E-state index < -0.39 is 11.7 Å². The van der Waals surface area contributed by atoms with Gasteiger partial charge in [0.25, 0.3) is 0 Å². The largest absolute Gasteiger partial charge is 0.507 e. The summed E-state index contributed by atoms with van der Waals surface area (Å²) in [5.74, 6) is -1.53. The molecule has 36 heavy (non-hydrogen) atoms. The van der Waals surface area contributed by atoms with Crippen LogP contribution in [0.25, 0.3) is 5.76 Å². The Hall–Kier alpha value is -3.99. The number of anilines is 1. The fraction of sp³-hybridized carbons (Fsp3) is 0.226. The number of carbonyl (C=O) groups excluding carboxylic acids is 1. The average Bonchev–Trinajstić information content (AvgIpc) is 2.83. The Morgan fingerprint density at radius 3 is 2.39 bits per heavy atom. The quantitative estimate of drug-likeness (QED) is 0.386. The zero-order chi connectivity index (χ0) is 25.6. The molecule has 2 aliphatic rings. The number of hydrogen-bond acceptors (Lipinski definition) is 3. The Morgan fingerprint density at radius 1 is 1.00 bits per heavy atom. The molecule has 5 rings (SSSR count). The molecule has 0 aromatic heterocycles. The highest BCUT2D eigenvalue weighted by Crippen LogP contribution is 2.51. The van der Waals surface area contributed by atoms with Gasteiger partial charge in [0.2, 0.25) is 0 Å². The monoisotopic (exact) mass is 480 g/mol. The minimum absolute atomic E-state index is 0.0412. The van der Waals surface area contributed by atoms with E-state index in [0.717, 1.165) is 11.3 Å². The molecule has 2 N–H and O–H groups in total. The molecule has 4 nitrogen and oxygen atoms in total. The van der Waals surface area contributed by atoms with Crippen LogP contribution in [0.1, 0.15) is 49.3 Å². The molecule has 0 spiro atoms. The van der Waals surface area contributed by atoms with Crippen LogP contribution < -0.4 is 4.90 Å². The van der Waals surface area contributed by atoms with Crippen molar-refractivity contribution in [1.82, 2.24) is 0 Å². The van der Waals surface area contributed by atoms with Gasteiger partial charge in [-0.25, -0.2) is 4.39 Å². The van der Waals surface area contributed by atoms with Gasteiger partial charge in [-0.15, -0.1) is 0 Å². The van der Waals surface area contributed by atoms with Crippen molar-refractivity contribution in [2.75, 3.05) is 4.90 Å². The molecule has 0 bridgehead atoms. The summed E-state index contributed by atoms with van der Waals surface area (Å²) in [6, 6.07) is 23.0. The van der Waals surface area contributed by atoms with Crippen LogP contribution >= 0.6 is 0 Å². The summed E-state index contributed by atoms with van der Waals surface area (Å²) in [6.45, 7) is 6.05. The molecule has 5 heteroatoms. The number of nitrogens with one attached hydrogen (secondary N) is 1. The van der Waals surface area contributed by atoms with Crippen LogP contribution in [0.2, 0.25) is 0 Å². The van der Waals surface area contributed by atoms with Gasteiger partial charge in [0, 0.05) is 46.0 Å². The van der Waals surface area contributed by atoms with Gasteiger partial charge >= 0.3 is 0 Å². The third kappa shape index (κ3) is 4.05. The standard InChI is InChI=1S/C31H29FN2O2/c1-19-10-9-13-21(16-19)34-24-17-31(2,3)18-25(35)27(24)26(22-14-7-8-15-23(22)32)28(30(34)33)29(36)20-11-5-4-6-12-20/h4-16,26,33,36H,17-18H2,1-3H3/b29-28+,33-30?. The third-order valence-corrected chi connectivity index (χ3v) is 7.00. The lowest BCUT2D eigenvalue weighted by Gasteiger charge is -2.45. The molecule has 3 aromatic carbocycles. The number of ketones is 1. The van der Waals surface area contributed by atoms with Gasteiger partial charge in [0.15, 0.2) is 5.78 Å². The number of aliphatic hydroxyl groups excluding tert-OH is 1. The maximum Gasteiger partial charge on any atom is 0.162 e. The van der Waals surface area contributed by atoms with Gasteiger partial charge in [0.05, 0.1) is 0 Å². The molecule has 0 radical (unpaired) electrons. The van der Waals surface area contributed by atoms with Crippen molar-refractivity contribution in [2.24, 2.45) is 5.41 Å². The summed E-state index contributed by atoms with van der Waals surface area (Å²) in [7, 11) is 0. The summed E-state index contributed by atoms with van der Waals surface area (Å²) >= 11 is 0. The maximum absolute atomic E-state index is 15.3. The Bertz CT molecular complexity index is 1440. The minimum atomic E-state index is -0.890. The fourth-order valence-electron chi connectivity index (χ4n) is 5.44. The zero-order valence-electron chi connectivity index (χ0n) is 20.7. The van der Waals surface area contributed by atoms with Gasteiger partial charge in [0.1, 0.15) is 17.4 Å². The second-order valence-corrected chi connectivity index (χ2v) is 10.4. The number of hydrogen-bond donors (Lipinski definition) is 2. The number of benzene rings is 3. The van der Waals surface area contributed by atoms with Gasteiger partial charge < -0.3 is 5.11 Å². The van der Waals surface area contributed by atoms with Crippen LogP contribution in [-0.4, -0.2) is 16.7 Å². The van der Waals surface area contributed by atoms with Crippen LogP contribution in [-0.2, 0) is 4.79 Å². The van der Waals surface area contributed by atoms with E-state index in [2.05, 4.69) is 0 Å². The molecule has 1 heterocycles. The molecule has 0 fully saturated rings. The summed E-state index contributed by atoms with van der Waals surface area (Å²) in [5, 5.41) is 21.0. The topological polar surface area (TPSA) is 64.4 Å². The van der Waals surface area contributed by atoms with Crippen LogP contribution in [0.4, 0.5) is 10.1 Å². The van der Waals surface area contributed by atoms with Gasteiger partial charge in [-0.05, 0) is 42.5 Å². The molecule has 0 saturated heterocycles. The highest BCUT2D eigenvalue weighted by Gasteiger charge is 2.47. The number of Topliss-reactive ketones (excluding diaryl/α,β-unsaturated/α-hetero) is 1. The van der Waals surface area contributed by atoms with Crippen molar-refractivity contribution < 1.29 is 14.3 Å². The first-order valence-corrected chi connectivity index (χ1v) is 12.1. The third-order valence-electron chi connectivity index (χ3n) is 7.00. The van der Waals surface area contributed by atoms with E-state index in [0.29, 0.717) is 29.7 Å². The van der Waals surface area contributed by atoms with Gasteiger partial charge in [-0.1, -0.05) is 74.5 Å². The molecule has 182 valence electrons. The highest BCUT2D eigenvalue weighted by molar-refractivity contribution is 6.19. The first-order chi connectivity index (χ1) is 17.2. The Labute approximate surface area is 210 Å². The minimum Gasteiger partial charge on any atom is -0.507 e. The molecular weight excluding hydrogens is 451 g/mol. The predicted octanol–water partition coefficient (Wildman–Crippen LogP) is 7.33. The van der Waals surface area contributed by atoms with Crippen molar-refractivity contribution >= 4 is 23.1 Å². The van der Waals surface area contributed by atoms with E-state index in [1.807, 2.05) is 51.1 Å². The van der Waals surface area contributed by atoms with Gasteiger partial charge in [-0.2, -0.15) is 0 Å². The van der Waals surface area contributed by atoms with Crippen LogP contribution in [0.5, 0.6) is 0 Å². The number of amidine groups is 1. The van der Waals surface area contributed by atoms with E-state index >= 15 is 4.39 Å². The SMILES string of the molecule is Cc1cccc(N2C(=N)/C(=C(/O)c3ccccc3)C(c3ccccc3F)C3=C2CC(C)(C)CC3=O)c1. The van der Waals surface area contributed by atoms with Gasteiger partial charge in [-0.3, -0.25) is 15.1 Å². The second-order valence-electron chi connectivity index (χ2n) is 10.4. The fourth-order valence-corrected chi connectivity index (χ4v) is 5.44. The van der Waals surface area contributed by atoms with E-state index in [1.54, 1.807) is 47.4 Å². The van der Waals surface area contributed by atoms with E-state index in [9.17, 15) is 15.3 Å². The number of aryl methyl sites for hydroxylation is 1. The van der Waals surface area contributed by atoms with E-state index in [1.165, 1.54) is 6.07 Å². The van der Waals surface area contributed by atoms with Crippen molar-refractivity contribution in [1.29, 1.82) is 5.41 Å². The lowest BCUT2D eigenvalue weighted by atomic mass is 9.67. The Balaban J connectivity index is 1.88. The Morgan fingerprint density at radius 2 is 1.69 bits per heavy atom. The highest BCUT2D eigenvalue weighted by atomic mass is 19.1. The molecule has 1 aliphatic carbocycles. The lowest BCUT2D eigenvalue weighted by Crippen LogP contribution is -2.45. The van der Waals surface area contributed by atoms with Crippen LogP contribution in [0.3, 0.4) is 0 Å². The summed E-state index contributed by atoms with van der Waals surface area (Å²) in [4.78, 5) is 15.6. The number of rotatable bonds is 3. The summed E-state index contributed by atoms with van der Waals surface area (Å²) < 4.78 is 15.3. The summed E-state index contributed by atoms with van der Waals surface area (Å²) in [6.07, 6.45) is 0.861. The molecule has 1 aliphatic heterocycles. The lowest BCUT2D eigenvalue weighted by molar-refractivity contribution is -0.118. The number of aliphatic hydroxyl groups is 1. The summed E-state index contributed by atoms with van der Waals surface area (Å²) in [5.41, 5.74) is 3.60. The molecule has 0 amide bonds. The second kappa shape index (κ2) is 8.90. The smallest absolute Gasteiger partial charge is 0.162 e. The molecular formula is C31H29FN2O2. The molecule has 1 unspecified atom stereocenters. The van der Waals surface area contributed by atoms with Crippen molar-refractivity contribution in [3.05, 3.63) is 118 Å². The van der Waals surface area contributed by atoms with Crippen LogP contribution in [0, 0.1) is 23.6 Å². The number of halogens is 1. The first kappa shape index (κ1) is 23.7. The van der Waals surface area contributed by atoms with E-state index in [-0.39, 0.29) is 33.9 Å². The number of nitrogens with zero attached hydrogens (tertiary/aromatic N) is 1. The molecule has 0 saturated carbocycles. The molecule has 3 aromatic rings. The number of allylic oxidation sites excluding steroid dienone is 2.